The fourth-order valence-electron chi connectivity index (χ4n) is 2.89. The molecule has 126 valence electrons. The summed E-state index contributed by atoms with van der Waals surface area (Å²) in [5.41, 5.74) is 3.36. The number of urea groups is 1. The lowest BCUT2D eigenvalue weighted by atomic mass is 10.0. The van der Waals surface area contributed by atoms with Gasteiger partial charge in [-0.1, -0.05) is 24.3 Å². The molecule has 2 aromatic rings. The van der Waals surface area contributed by atoms with E-state index in [1.54, 1.807) is 12.4 Å². The Balaban J connectivity index is 1.64. The SMILES string of the molecule is C[C@@H]1COCCN1C(=O)N[C@H](C)c1ccc(-c2ccncc2)cc1. The Labute approximate surface area is 142 Å². The van der Waals surface area contributed by atoms with Crippen LogP contribution in [0.15, 0.2) is 48.8 Å². The standard InChI is InChI=1S/C19H23N3O2/c1-14-13-24-12-11-22(14)19(23)21-15(2)16-3-5-17(6-4-16)18-7-9-20-10-8-18/h3-10,14-15H,11-13H2,1-2H3,(H,21,23)/t14-,15-/m1/s1. The number of hydrogen-bond acceptors (Lipinski definition) is 3. The van der Waals surface area contributed by atoms with Gasteiger partial charge in [0.05, 0.1) is 25.3 Å². The highest BCUT2D eigenvalue weighted by Gasteiger charge is 2.24. The van der Waals surface area contributed by atoms with Crippen molar-refractivity contribution in [3.63, 3.8) is 0 Å². The van der Waals surface area contributed by atoms with Gasteiger partial charge in [-0.25, -0.2) is 4.79 Å². The number of benzene rings is 1. The molecule has 1 aromatic carbocycles. The Morgan fingerprint density at radius 2 is 1.88 bits per heavy atom. The Kier molecular flexibility index (Phi) is 5.11. The second-order valence-corrected chi connectivity index (χ2v) is 6.15. The molecule has 1 aromatic heterocycles. The summed E-state index contributed by atoms with van der Waals surface area (Å²) in [6.45, 7) is 5.85. The maximum atomic E-state index is 12.4. The van der Waals surface area contributed by atoms with Crippen LogP contribution in [0.3, 0.4) is 0 Å². The van der Waals surface area contributed by atoms with Gasteiger partial charge in [0.2, 0.25) is 0 Å². The highest BCUT2D eigenvalue weighted by molar-refractivity contribution is 5.75. The highest BCUT2D eigenvalue weighted by atomic mass is 16.5. The van der Waals surface area contributed by atoms with Gasteiger partial charge in [0.25, 0.3) is 0 Å². The minimum atomic E-state index is -0.0426. The normalized spacial score (nSPS) is 18.9. The molecule has 1 fully saturated rings. The maximum absolute atomic E-state index is 12.4. The molecule has 5 heteroatoms. The summed E-state index contributed by atoms with van der Waals surface area (Å²) in [6, 6.07) is 12.3. The van der Waals surface area contributed by atoms with E-state index in [1.807, 2.05) is 30.9 Å². The van der Waals surface area contributed by atoms with E-state index in [-0.39, 0.29) is 18.1 Å². The molecule has 0 saturated carbocycles. The smallest absolute Gasteiger partial charge is 0.318 e. The molecule has 2 heterocycles. The summed E-state index contributed by atoms with van der Waals surface area (Å²) in [6.07, 6.45) is 3.57. The van der Waals surface area contributed by atoms with Gasteiger partial charge in [-0.2, -0.15) is 0 Å². The number of carbonyl (C=O) groups excluding carboxylic acids is 1. The van der Waals surface area contributed by atoms with E-state index in [1.165, 1.54) is 0 Å². The van der Waals surface area contributed by atoms with Crippen molar-refractivity contribution in [2.75, 3.05) is 19.8 Å². The topological polar surface area (TPSA) is 54.5 Å². The molecular weight excluding hydrogens is 302 g/mol. The van der Waals surface area contributed by atoms with E-state index in [2.05, 4.69) is 34.6 Å². The first-order valence-corrected chi connectivity index (χ1v) is 8.30. The fourth-order valence-corrected chi connectivity index (χ4v) is 2.89. The lowest BCUT2D eigenvalue weighted by Crippen LogP contribution is -2.51. The Bertz CT molecular complexity index is 673. The minimum Gasteiger partial charge on any atom is -0.377 e. The number of pyridine rings is 1. The van der Waals surface area contributed by atoms with Crippen molar-refractivity contribution >= 4 is 6.03 Å². The quantitative estimate of drug-likeness (QED) is 0.942. The number of morpholine rings is 1. The molecule has 0 bridgehead atoms. The number of hydrogen-bond donors (Lipinski definition) is 1. The zero-order chi connectivity index (χ0) is 16.9. The first-order chi connectivity index (χ1) is 11.6. The number of ether oxygens (including phenoxy) is 1. The zero-order valence-electron chi connectivity index (χ0n) is 14.1. The molecule has 0 unspecified atom stereocenters. The largest absolute Gasteiger partial charge is 0.377 e. The summed E-state index contributed by atoms with van der Waals surface area (Å²) in [5, 5.41) is 3.08. The summed E-state index contributed by atoms with van der Waals surface area (Å²) in [4.78, 5) is 18.3. The van der Waals surface area contributed by atoms with Crippen molar-refractivity contribution in [3.8, 4) is 11.1 Å². The molecule has 24 heavy (non-hydrogen) atoms. The average Bonchev–Trinajstić information content (AvgIpc) is 2.63. The van der Waals surface area contributed by atoms with Gasteiger partial charge in [0, 0.05) is 18.9 Å². The molecule has 2 amide bonds. The zero-order valence-corrected chi connectivity index (χ0v) is 14.1. The molecule has 0 spiro atoms. The van der Waals surface area contributed by atoms with Crippen LogP contribution in [0.1, 0.15) is 25.5 Å². The summed E-state index contributed by atoms with van der Waals surface area (Å²) < 4.78 is 5.38. The Morgan fingerprint density at radius 3 is 2.54 bits per heavy atom. The van der Waals surface area contributed by atoms with E-state index in [0.29, 0.717) is 19.8 Å². The van der Waals surface area contributed by atoms with Gasteiger partial charge in [0.1, 0.15) is 0 Å². The average molecular weight is 325 g/mol. The molecule has 1 saturated heterocycles. The molecule has 3 rings (SSSR count). The molecule has 1 aliphatic heterocycles. The third kappa shape index (κ3) is 3.74. The summed E-state index contributed by atoms with van der Waals surface area (Å²) in [7, 11) is 0. The number of rotatable bonds is 3. The Hall–Kier alpha value is -2.40. The van der Waals surface area contributed by atoms with E-state index in [9.17, 15) is 4.79 Å². The minimum absolute atomic E-state index is 0.0310. The Morgan fingerprint density at radius 1 is 1.21 bits per heavy atom. The molecule has 0 aliphatic carbocycles. The van der Waals surface area contributed by atoms with Crippen molar-refractivity contribution in [2.45, 2.75) is 25.9 Å². The number of amides is 2. The van der Waals surface area contributed by atoms with Gasteiger partial charge >= 0.3 is 6.03 Å². The molecule has 1 aliphatic rings. The van der Waals surface area contributed by atoms with Crippen LogP contribution < -0.4 is 5.32 Å². The van der Waals surface area contributed by atoms with Crippen molar-refractivity contribution in [3.05, 3.63) is 54.4 Å². The lowest BCUT2D eigenvalue weighted by molar-refractivity contribution is 0.0185. The highest BCUT2D eigenvalue weighted by Crippen LogP contribution is 2.21. The summed E-state index contributed by atoms with van der Waals surface area (Å²) in [5.74, 6) is 0. The third-order valence-electron chi connectivity index (χ3n) is 4.39. The maximum Gasteiger partial charge on any atom is 0.318 e. The van der Waals surface area contributed by atoms with E-state index >= 15 is 0 Å². The molecule has 1 N–H and O–H groups in total. The van der Waals surface area contributed by atoms with Crippen LogP contribution in [-0.4, -0.2) is 41.7 Å². The fraction of sp³-hybridized carbons (Fsp3) is 0.368. The van der Waals surface area contributed by atoms with Crippen LogP contribution in [0.2, 0.25) is 0 Å². The number of carbonyl (C=O) groups is 1. The van der Waals surface area contributed by atoms with Crippen molar-refractivity contribution in [2.24, 2.45) is 0 Å². The second kappa shape index (κ2) is 7.45. The molecule has 2 atom stereocenters. The van der Waals surface area contributed by atoms with Gasteiger partial charge in [0.15, 0.2) is 0 Å². The van der Waals surface area contributed by atoms with Gasteiger partial charge < -0.3 is 15.0 Å². The summed E-state index contributed by atoms with van der Waals surface area (Å²) >= 11 is 0. The van der Waals surface area contributed by atoms with Crippen LogP contribution in [0.25, 0.3) is 11.1 Å². The molecule has 5 nitrogen and oxygen atoms in total. The number of nitrogens with one attached hydrogen (secondary N) is 1. The van der Waals surface area contributed by atoms with Gasteiger partial charge in [-0.3, -0.25) is 4.98 Å². The van der Waals surface area contributed by atoms with Crippen molar-refractivity contribution < 1.29 is 9.53 Å². The predicted molar refractivity (Wildman–Crippen MR) is 93.6 cm³/mol. The predicted octanol–water partition coefficient (Wildman–Crippen LogP) is 3.24. The first kappa shape index (κ1) is 16.5. The molecule has 0 radical (unpaired) electrons. The number of nitrogens with zero attached hydrogens (tertiary/aromatic N) is 2. The number of aromatic nitrogens is 1. The monoisotopic (exact) mass is 325 g/mol. The van der Waals surface area contributed by atoms with E-state index in [4.69, 9.17) is 4.74 Å². The van der Waals surface area contributed by atoms with E-state index < -0.39 is 0 Å². The van der Waals surface area contributed by atoms with Crippen LogP contribution in [0, 0.1) is 0 Å². The van der Waals surface area contributed by atoms with Crippen molar-refractivity contribution in [1.29, 1.82) is 0 Å². The van der Waals surface area contributed by atoms with Gasteiger partial charge in [-0.05, 0) is 42.7 Å². The second-order valence-electron chi connectivity index (χ2n) is 6.15. The van der Waals surface area contributed by atoms with Crippen LogP contribution in [0.5, 0.6) is 0 Å². The van der Waals surface area contributed by atoms with Crippen LogP contribution in [-0.2, 0) is 4.74 Å². The van der Waals surface area contributed by atoms with Crippen LogP contribution in [0.4, 0.5) is 4.79 Å². The van der Waals surface area contributed by atoms with Crippen LogP contribution >= 0.6 is 0 Å². The third-order valence-corrected chi connectivity index (χ3v) is 4.39. The first-order valence-electron chi connectivity index (χ1n) is 8.30. The molecular formula is C19H23N3O2. The van der Waals surface area contributed by atoms with Crippen molar-refractivity contribution in [1.82, 2.24) is 15.2 Å². The van der Waals surface area contributed by atoms with E-state index in [0.717, 1.165) is 16.7 Å². The van der Waals surface area contributed by atoms with Gasteiger partial charge in [-0.15, -0.1) is 0 Å². The lowest BCUT2D eigenvalue weighted by Gasteiger charge is -2.34.